The van der Waals surface area contributed by atoms with E-state index in [1.165, 1.54) is 6.07 Å². The van der Waals surface area contributed by atoms with Crippen LogP contribution in [0.1, 0.15) is 0 Å². The summed E-state index contributed by atoms with van der Waals surface area (Å²) in [6.45, 7) is -1.42. The lowest BCUT2D eigenvalue weighted by Gasteiger charge is -2.42. The Morgan fingerprint density at radius 3 is 2.00 bits per heavy atom. The number of aliphatic hydroxyl groups is 7. The van der Waals surface area contributed by atoms with Crippen LogP contribution in [0.4, 0.5) is 0 Å². The topological polar surface area (TPSA) is 290 Å². The lowest BCUT2D eigenvalue weighted by Crippen LogP contribution is -2.62. The van der Waals surface area contributed by atoms with Crippen LogP contribution in [0.15, 0.2) is 39.5 Å². The number of hydrogen-bond donors (Lipinski definition) is 11. The number of benzene rings is 2. The first-order valence-corrected chi connectivity index (χ1v) is 13.2. The van der Waals surface area contributed by atoms with Gasteiger partial charge in [0.15, 0.2) is 23.5 Å². The van der Waals surface area contributed by atoms with Crippen molar-refractivity contribution in [1.29, 1.82) is 0 Å². The van der Waals surface area contributed by atoms with Crippen molar-refractivity contribution in [2.24, 2.45) is 0 Å². The molecule has 0 spiro atoms. The van der Waals surface area contributed by atoms with Crippen molar-refractivity contribution in [2.45, 2.75) is 61.4 Å². The van der Waals surface area contributed by atoms with Gasteiger partial charge in [0.05, 0.1) is 13.2 Å². The molecule has 10 atom stereocenters. The highest BCUT2D eigenvalue weighted by Crippen LogP contribution is 2.39. The molecule has 0 aliphatic carbocycles. The monoisotopic (exact) mass is 626 g/mol. The van der Waals surface area contributed by atoms with Gasteiger partial charge in [-0.15, -0.1) is 0 Å². The summed E-state index contributed by atoms with van der Waals surface area (Å²) in [5.74, 6) is -3.44. The SMILES string of the molecule is O=c1c(OC2O[C@H](CO[C@H]3O[C@H](CO)[C@H](O)[C@H](O)[C@H]3O)[C@H](O)[C@H](O)[C@H]2O)c(-c2ccc(O)c(O)c2)oc2cc(O)cc(O)c12. The van der Waals surface area contributed by atoms with Gasteiger partial charge in [-0.3, -0.25) is 4.79 Å². The Kier molecular flexibility index (Phi) is 8.87. The maximum absolute atomic E-state index is 13.6. The Morgan fingerprint density at radius 2 is 1.34 bits per heavy atom. The predicted molar refractivity (Wildman–Crippen MR) is 142 cm³/mol. The molecule has 3 heterocycles. The van der Waals surface area contributed by atoms with Crippen molar-refractivity contribution >= 4 is 11.0 Å². The fourth-order valence-corrected chi connectivity index (χ4v) is 4.89. The Hall–Kier alpha value is -3.75. The van der Waals surface area contributed by atoms with Gasteiger partial charge in [-0.2, -0.15) is 0 Å². The molecule has 44 heavy (non-hydrogen) atoms. The Balaban J connectivity index is 1.47. The molecular formula is C27H30O17. The molecule has 2 aliphatic rings. The molecule has 0 amide bonds. The highest BCUT2D eigenvalue weighted by molar-refractivity contribution is 5.88. The number of rotatable bonds is 7. The van der Waals surface area contributed by atoms with E-state index in [-0.39, 0.29) is 11.1 Å². The fraction of sp³-hybridized carbons (Fsp3) is 0.444. The van der Waals surface area contributed by atoms with E-state index in [4.69, 9.17) is 23.4 Å². The lowest BCUT2D eigenvalue weighted by molar-refractivity contribution is -0.323. The van der Waals surface area contributed by atoms with Crippen molar-refractivity contribution in [3.05, 3.63) is 40.6 Å². The summed E-state index contributed by atoms with van der Waals surface area (Å²) in [6, 6.07) is 5.17. The second kappa shape index (κ2) is 12.3. The first-order valence-electron chi connectivity index (χ1n) is 13.2. The van der Waals surface area contributed by atoms with E-state index in [9.17, 15) is 61.0 Å². The van der Waals surface area contributed by atoms with Crippen LogP contribution in [-0.2, 0) is 14.2 Å². The Morgan fingerprint density at radius 1 is 0.705 bits per heavy atom. The summed E-state index contributed by atoms with van der Waals surface area (Å²) >= 11 is 0. The quantitative estimate of drug-likeness (QED) is 0.119. The molecule has 2 aromatic carbocycles. The number of aromatic hydroxyl groups is 4. The third kappa shape index (κ3) is 5.73. The van der Waals surface area contributed by atoms with Crippen molar-refractivity contribution < 1.29 is 79.5 Å². The van der Waals surface area contributed by atoms with E-state index < -0.39 is 120 Å². The van der Waals surface area contributed by atoms with Gasteiger partial charge in [0.1, 0.15) is 71.3 Å². The molecule has 1 unspecified atom stereocenters. The van der Waals surface area contributed by atoms with Crippen LogP contribution in [-0.4, -0.2) is 131 Å². The standard InChI is InChI=1S/C27H30O17/c28-6-14-17(33)20(36)22(38)26(42-14)40-7-15-18(34)21(37)23(39)27(43-15)44-25-19(35)16-12(32)4-9(29)5-13(16)41-24(25)8-1-2-10(30)11(31)3-8/h1-5,14-15,17-18,20-23,26-34,36-39H,6-7H2/t14-,15-,17+,18+,20+,21+,22-,23-,26+,27?/m1/s1. The van der Waals surface area contributed by atoms with Crippen LogP contribution in [0, 0.1) is 0 Å². The van der Waals surface area contributed by atoms with Gasteiger partial charge in [0.2, 0.25) is 17.5 Å². The minimum atomic E-state index is -2.00. The van der Waals surface area contributed by atoms with Gasteiger partial charge in [-0.1, -0.05) is 0 Å². The molecule has 0 bridgehead atoms. The van der Waals surface area contributed by atoms with E-state index >= 15 is 0 Å². The predicted octanol–water partition coefficient (Wildman–Crippen LogP) is -2.71. The van der Waals surface area contributed by atoms with Gasteiger partial charge < -0.3 is 79.5 Å². The highest BCUT2D eigenvalue weighted by Gasteiger charge is 2.48. The molecule has 1 aromatic heterocycles. The number of aliphatic hydroxyl groups excluding tert-OH is 7. The average molecular weight is 627 g/mol. The van der Waals surface area contributed by atoms with E-state index in [1.807, 2.05) is 0 Å². The molecule has 2 fully saturated rings. The Bertz CT molecular complexity index is 1560. The minimum Gasteiger partial charge on any atom is -0.508 e. The third-order valence-corrected chi connectivity index (χ3v) is 7.33. The highest BCUT2D eigenvalue weighted by atomic mass is 16.7. The zero-order valence-electron chi connectivity index (χ0n) is 22.4. The molecule has 3 aromatic rings. The molecule has 17 nitrogen and oxygen atoms in total. The lowest BCUT2D eigenvalue weighted by atomic mass is 9.98. The van der Waals surface area contributed by atoms with Crippen molar-refractivity contribution in [1.82, 2.24) is 0 Å². The summed E-state index contributed by atoms with van der Waals surface area (Å²) in [7, 11) is 0. The zero-order chi connectivity index (χ0) is 32.0. The molecule has 2 aliphatic heterocycles. The molecule has 240 valence electrons. The fourth-order valence-electron chi connectivity index (χ4n) is 4.89. The summed E-state index contributed by atoms with van der Waals surface area (Å²) in [5.41, 5.74) is -1.41. The number of phenolic OH excluding ortho intramolecular Hbond substituents is 4. The van der Waals surface area contributed by atoms with Crippen LogP contribution in [0.5, 0.6) is 28.7 Å². The third-order valence-electron chi connectivity index (χ3n) is 7.33. The molecule has 17 heteroatoms. The normalized spacial score (nSPS) is 32.5. The number of hydrogen-bond acceptors (Lipinski definition) is 17. The summed E-state index contributed by atoms with van der Waals surface area (Å²) in [4.78, 5) is 13.6. The second-order valence-corrected chi connectivity index (χ2v) is 10.3. The van der Waals surface area contributed by atoms with Crippen LogP contribution in [0.25, 0.3) is 22.3 Å². The van der Waals surface area contributed by atoms with Gasteiger partial charge in [0, 0.05) is 17.7 Å². The summed E-state index contributed by atoms with van der Waals surface area (Å²) in [6.07, 6.45) is -17.4. The number of ether oxygens (including phenoxy) is 4. The van der Waals surface area contributed by atoms with Gasteiger partial charge in [-0.05, 0) is 18.2 Å². The molecule has 11 N–H and O–H groups in total. The molecule has 2 saturated heterocycles. The maximum Gasteiger partial charge on any atom is 0.239 e. The smallest absolute Gasteiger partial charge is 0.239 e. The van der Waals surface area contributed by atoms with Crippen LogP contribution < -0.4 is 10.2 Å². The largest absolute Gasteiger partial charge is 0.508 e. The van der Waals surface area contributed by atoms with Crippen molar-refractivity contribution in [2.75, 3.05) is 13.2 Å². The van der Waals surface area contributed by atoms with Crippen LogP contribution in [0.2, 0.25) is 0 Å². The van der Waals surface area contributed by atoms with Gasteiger partial charge in [0.25, 0.3) is 0 Å². The molecular weight excluding hydrogens is 596 g/mol. The van der Waals surface area contributed by atoms with Gasteiger partial charge >= 0.3 is 0 Å². The van der Waals surface area contributed by atoms with Crippen molar-refractivity contribution in [3.63, 3.8) is 0 Å². The van der Waals surface area contributed by atoms with Crippen LogP contribution >= 0.6 is 0 Å². The molecule has 5 rings (SSSR count). The summed E-state index contributed by atoms with van der Waals surface area (Å²) in [5, 5.41) is 111. The number of phenols is 4. The van der Waals surface area contributed by atoms with Gasteiger partial charge in [-0.25, -0.2) is 0 Å². The Labute approximate surface area is 246 Å². The number of fused-ring (bicyclic) bond motifs is 1. The molecule has 0 radical (unpaired) electrons. The zero-order valence-corrected chi connectivity index (χ0v) is 22.4. The maximum atomic E-state index is 13.6. The van der Waals surface area contributed by atoms with Crippen molar-refractivity contribution in [3.8, 4) is 40.1 Å². The van der Waals surface area contributed by atoms with E-state index in [2.05, 4.69) is 0 Å². The van der Waals surface area contributed by atoms with Crippen LogP contribution in [0.3, 0.4) is 0 Å². The minimum absolute atomic E-state index is 0.0504. The van der Waals surface area contributed by atoms with E-state index in [0.29, 0.717) is 0 Å². The average Bonchev–Trinajstić information content (AvgIpc) is 2.98. The first kappa shape index (κ1) is 31.7. The second-order valence-electron chi connectivity index (χ2n) is 10.3. The van der Waals surface area contributed by atoms with E-state index in [0.717, 1.165) is 24.3 Å². The summed E-state index contributed by atoms with van der Waals surface area (Å²) < 4.78 is 27.6. The first-order chi connectivity index (χ1) is 20.8. The van der Waals surface area contributed by atoms with E-state index in [1.54, 1.807) is 0 Å². The molecule has 0 saturated carbocycles.